The number of hydrogen-bond acceptors (Lipinski definition) is 15. The Bertz CT molecular complexity index is 2530. The molecule has 0 aliphatic rings. The van der Waals surface area contributed by atoms with Crippen LogP contribution in [0.5, 0.6) is 23.0 Å². The molecule has 0 radical (unpaired) electrons. The number of hydrogen-bond donors (Lipinski definition) is 3. The summed E-state index contributed by atoms with van der Waals surface area (Å²) in [4.78, 5) is 23.4. The first-order chi connectivity index (χ1) is 31.2. The molecule has 18 nitrogen and oxygen atoms in total. The molecule has 21 heteroatoms. The predicted molar refractivity (Wildman–Crippen MR) is 241 cm³/mol. The van der Waals surface area contributed by atoms with E-state index in [1.807, 2.05) is 24.3 Å². The topological polar surface area (TPSA) is 230 Å². The van der Waals surface area contributed by atoms with Crippen molar-refractivity contribution >= 4 is 41.7 Å². The summed E-state index contributed by atoms with van der Waals surface area (Å²) in [5.41, 5.74) is 3.66. The minimum Gasteiger partial charge on any atom is -0.497 e. The Hall–Kier alpha value is -6.45. The lowest BCUT2D eigenvalue weighted by Gasteiger charge is -2.22. The Morgan fingerprint density at radius 3 is 1.20 bits per heavy atom. The molecule has 6 rings (SSSR count). The van der Waals surface area contributed by atoms with Gasteiger partial charge in [-0.1, -0.05) is 48.5 Å². The van der Waals surface area contributed by atoms with Crippen LogP contribution < -0.4 is 24.3 Å². The van der Waals surface area contributed by atoms with Crippen LogP contribution in [0.2, 0.25) is 0 Å². The number of benzene rings is 4. The summed E-state index contributed by atoms with van der Waals surface area (Å²) in [6.07, 6.45) is 2.21. The van der Waals surface area contributed by atoms with E-state index in [0.717, 1.165) is 48.1 Å². The van der Waals surface area contributed by atoms with Crippen molar-refractivity contribution in [1.82, 2.24) is 30.0 Å². The first kappa shape index (κ1) is 51.2. The Morgan fingerprint density at radius 1 is 0.554 bits per heavy atom. The molecule has 0 saturated heterocycles. The number of sulfonamides is 1. The molecule has 0 aliphatic carbocycles. The van der Waals surface area contributed by atoms with E-state index >= 15 is 0 Å². The van der Waals surface area contributed by atoms with Gasteiger partial charge in [-0.25, -0.2) is 26.4 Å². The Labute approximate surface area is 382 Å². The van der Waals surface area contributed by atoms with Crippen LogP contribution in [0, 0.1) is 0 Å². The minimum absolute atomic E-state index is 0.0691. The van der Waals surface area contributed by atoms with E-state index < -0.39 is 36.0 Å². The molecule has 2 heterocycles. The molecular weight excluding hydrogens is 904 g/mol. The lowest BCUT2D eigenvalue weighted by atomic mass is 10.2. The number of aromatic amines is 2. The number of ether oxygens (including phenoxy) is 6. The number of carbonyl (C=O) groups is 2. The molecule has 0 fully saturated rings. The maximum atomic E-state index is 13.6. The molecule has 0 spiro atoms. The second-order valence-electron chi connectivity index (χ2n) is 13.4. The zero-order valence-electron chi connectivity index (χ0n) is 36.6. The van der Waals surface area contributed by atoms with E-state index in [-0.39, 0.29) is 42.5 Å². The van der Waals surface area contributed by atoms with Gasteiger partial charge in [-0.15, -0.1) is 0 Å². The molecular formula is C44H51ClN6O12S2. The average molecular weight is 956 g/mol. The van der Waals surface area contributed by atoms with Gasteiger partial charge in [-0.3, -0.25) is 10.2 Å². The van der Waals surface area contributed by atoms with Gasteiger partial charge in [0, 0.05) is 36.9 Å². The van der Waals surface area contributed by atoms with Crippen LogP contribution in [0.3, 0.4) is 0 Å². The molecule has 0 unspecified atom stereocenters. The summed E-state index contributed by atoms with van der Waals surface area (Å²) in [5.74, 6) is 1.57. The van der Waals surface area contributed by atoms with Crippen molar-refractivity contribution in [3.8, 4) is 23.0 Å². The maximum absolute atomic E-state index is 13.6. The highest BCUT2D eigenvalue weighted by Crippen LogP contribution is 2.25. The van der Waals surface area contributed by atoms with E-state index in [0.29, 0.717) is 11.5 Å². The third kappa shape index (κ3) is 15.4. The molecule has 65 heavy (non-hydrogen) atoms. The van der Waals surface area contributed by atoms with Gasteiger partial charge >= 0.3 is 11.9 Å². The first-order valence-electron chi connectivity index (χ1n) is 19.7. The van der Waals surface area contributed by atoms with Gasteiger partial charge < -0.3 is 33.7 Å². The number of halogens is 1. The van der Waals surface area contributed by atoms with Crippen molar-refractivity contribution in [2.75, 3.05) is 41.7 Å². The third-order valence-electron chi connectivity index (χ3n) is 9.05. The fraction of sp³-hybridized carbons (Fsp3) is 0.273. The van der Waals surface area contributed by atoms with Gasteiger partial charge in [0.15, 0.2) is 10.1 Å². The van der Waals surface area contributed by atoms with Gasteiger partial charge in [0.05, 0.1) is 54.0 Å². The van der Waals surface area contributed by atoms with Crippen LogP contribution in [0.4, 0.5) is 0 Å². The van der Waals surface area contributed by atoms with Crippen molar-refractivity contribution in [3.63, 3.8) is 0 Å². The highest BCUT2D eigenvalue weighted by molar-refractivity contribution is 8.13. The van der Waals surface area contributed by atoms with Crippen LogP contribution >= 0.6 is 10.7 Å². The molecule has 348 valence electrons. The van der Waals surface area contributed by atoms with Gasteiger partial charge in [-0.05, 0) is 84.6 Å². The van der Waals surface area contributed by atoms with E-state index in [2.05, 4.69) is 54.7 Å². The highest BCUT2D eigenvalue weighted by Gasteiger charge is 2.32. The Kier molecular flexibility index (Phi) is 19.8. The fourth-order valence-corrected chi connectivity index (χ4v) is 8.09. The van der Waals surface area contributed by atoms with E-state index in [1.54, 1.807) is 90.8 Å². The Balaban J connectivity index is 0.000000237. The molecule has 2 aromatic heterocycles. The van der Waals surface area contributed by atoms with Crippen LogP contribution in [-0.2, 0) is 54.7 Å². The molecule has 6 aromatic rings. The summed E-state index contributed by atoms with van der Waals surface area (Å²) < 4.78 is 80.4. The number of nitrogens with zero attached hydrogens (tertiary/aromatic N) is 3. The summed E-state index contributed by atoms with van der Waals surface area (Å²) in [6, 6.07) is 30.4. The normalized spacial score (nSPS) is 11.0. The highest BCUT2D eigenvalue weighted by atomic mass is 35.7. The van der Waals surface area contributed by atoms with Crippen LogP contribution in [-0.4, -0.2) is 95.1 Å². The molecule has 3 N–H and O–H groups in total. The number of esters is 2. The third-order valence-corrected chi connectivity index (χ3v) is 12.1. The van der Waals surface area contributed by atoms with Crippen LogP contribution in [0.15, 0.2) is 120 Å². The minimum atomic E-state index is -4.13. The fourth-order valence-electron chi connectivity index (χ4n) is 5.70. The van der Waals surface area contributed by atoms with Gasteiger partial charge in [0.25, 0.3) is 19.1 Å². The second kappa shape index (κ2) is 25.1. The number of methoxy groups -OCH3 is 4. The molecule has 0 bridgehead atoms. The monoisotopic (exact) mass is 954 g/mol. The summed E-state index contributed by atoms with van der Waals surface area (Å²) in [6.45, 7) is 5.33. The van der Waals surface area contributed by atoms with Crippen molar-refractivity contribution in [2.24, 2.45) is 0 Å². The number of aromatic nitrogens is 4. The zero-order chi connectivity index (χ0) is 47.4. The van der Waals surface area contributed by atoms with Crippen molar-refractivity contribution in [1.29, 1.82) is 0 Å². The van der Waals surface area contributed by atoms with Crippen LogP contribution in [0.1, 0.15) is 56.8 Å². The van der Waals surface area contributed by atoms with E-state index in [9.17, 15) is 26.4 Å². The van der Waals surface area contributed by atoms with Crippen LogP contribution in [0.25, 0.3) is 0 Å². The van der Waals surface area contributed by atoms with Crippen molar-refractivity contribution in [2.45, 2.75) is 50.1 Å². The van der Waals surface area contributed by atoms with Gasteiger partial charge in [-0.2, -0.15) is 14.5 Å². The Morgan fingerprint density at radius 2 is 0.877 bits per heavy atom. The SMILES string of the molecule is CCOC(=O)c1cn[nH]c1S(=O)(=O)Cl.CCOC(=O)c1cn[nH]c1S(=O)(=O)N(Cc1ccc(OC)cc1)Cc1ccc(OC)cc1.COc1ccc(CNCc2ccc(OC)cc2)cc1. The molecule has 0 aliphatic heterocycles. The number of H-pyrrole nitrogens is 2. The van der Waals surface area contributed by atoms with Crippen molar-refractivity contribution < 1.29 is 54.8 Å². The largest absolute Gasteiger partial charge is 0.497 e. The molecule has 0 saturated carbocycles. The average Bonchev–Trinajstić information content (AvgIpc) is 4.03. The smallest absolute Gasteiger partial charge is 0.342 e. The molecule has 0 atom stereocenters. The van der Waals surface area contributed by atoms with E-state index in [1.165, 1.54) is 15.4 Å². The molecule has 4 aromatic carbocycles. The maximum Gasteiger partial charge on any atom is 0.342 e. The molecule has 0 amide bonds. The lowest BCUT2D eigenvalue weighted by molar-refractivity contribution is 0.0512. The second-order valence-corrected chi connectivity index (χ2v) is 17.8. The van der Waals surface area contributed by atoms with Gasteiger partial charge in [0.2, 0.25) is 0 Å². The summed E-state index contributed by atoms with van der Waals surface area (Å²) in [5, 5.41) is 14.4. The number of carbonyl (C=O) groups excluding carboxylic acids is 2. The summed E-state index contributed by atoms with van der Waals surface area (Å²) >= 11 is 0. The predicted octanol–water partition coefficient (Wildman–Crippen LogP) is 6.50. The zero-order valence-corrected chi connectivity index (χ0v) is 39.0. The first-order valence-corrected chi connectivity index (χ1v) is 23.5. The number of nitrogens with one attached hydrogen (secondary N) is 3. The summed E-state index contributed by atoms with van der Waals surface area (Å²) in [7, 11) is 3.39. The lowest BCUT2D eigenvalue weighted by Crippen LogP contribution is -2.31. The number of rotatable bonds is 19. The van der Waals surface area contributed by atoms with Gasteiger partial charge in [0.1, 0.15) is 34.1 Å². The standard InChI is InChI=1S/C22H25N3O6S.C16H19NO2.C6H7ClN2O4S/c1-4-31-22(26)20-13-23-24-21(20)32(27,28)25(14-16-5-9-18(29-2)10-6-16)15-17-7-11-19(30-3)12-8-17;1-18-15-7-3-13(4-8-15)11-17-12-14-5-9-16(19-2)10-6-14;1-2-13-6(10)4-3-8-9-5(4)14(7,11)12/h5-13H,4,14-15H2,1-3H3,(H,23,24);3-10,17H,11-12H2,1-2H3;3H,2H2,1H3,(H,8,9). The van der Waals surface area contributed by atoms with E-state index in [4.69, 9.17) is 34.4 Å². The quantitative estimate of drug-likeness (QED) is 0.0581. The van der Waals surface area contributed by atoms with Crippen molar-refractivity contribution in [3.05, 3.63) is 143 Å².